The van der Waals surface area contributed by atoms with E-state index in [0.717, 1.165) is 11.4 Å². The maximum absolute atomic E-state index is 14.2. The molecule has 0 aliphatic heterocycles. The van der Waals surface area contributed by atoms with Crippen LogP contribution in [0, 0.1) is 11.8 Å². The van der Waals surface area contributed by atoms with E-state index in [1.165, 1.54) is 25.4 Å². The molecule has 0 saturated heterocycles. The molecule has 0 N–H and O–H groups in total. The van der Waals surface area contributed by atoms with Crippen LogP contribution in [0.2, 0.25) is 0 Å². The summed E-state index contributed by atoms with van der Waals surface area (Å²) in [6, 6.07) is 6.12. The van der Waals surface area contributed by atoms with Crippen LogP contribution in [0.1, 0.15) is 25.5 Å². The Morgan fingerprint density at radius 1 is 1.20 bits per heavy atom. The third-order valence-corrected chi connectivity index (χ3v) is 4.65. The summed E-state index contributed by atoms with van der Waals surface area (Å²) in [5.74, 6) is -0.894. The maximum Gasteiger partial charge on any atom is 0.256 e. The number of halogens is 3. The Balaban J connectivity index is 2.36. The second kappa shape index (κ2) is 7.09. The highest BCUT2D eigenvalue weighted by Crippen LogP contribution is 2.42. The smallest absolute Gasteiger partial charge is 0.256 e. The molecule has 3 rings (SSSR count). The Labute approximate surface area is 152 Å². The van der Waals surface area contributed by atoms with Gasteiger partial charge in [-0.3, -0.25) is 0 Å². The minimum atomic E-state index is -0.711. The van der Waals surface area contributed by atoms with Gasteiger partial charge in [0.25, 0.3) is 5.95 Å². The van der Waals surface area contributed by atoms with Crippen molar-refractivity contribution < 1.29 is 18.3 Å². The Kier molecular flexibility index (Phi) is 5.06. The molecule has 0 saturated carbocycles. The Hall–Kier alpha value is -1.99. The molecule has 0 unspecified atom stereocenters. The molecule has 7 heteroatoms. The van der Waals surface area contributed by atoms with Gasteiger partial charge in [0.1, 0.15) is 5.82 Å². The van der Waals surface area contributed by atoms with Crippen molar-refractivity contribution in [3.05, 3.63) is 52.4 Å². The maximum atomic E-state index is 14.2. The zero-order valence-electron chi connectivity index (χ0n) is 14.0. The molecule has 2 aromatic heterocycles. The summed E-state index contributed by atoms with van der Waals surface area (Å²) in [7, 11) is 1.46. The first-order chi connectivity index (χ1) is 12.0. The van der Waals surface area contributed by atoms with E-state index < -0.39 is 5.95 Å². The normalized spacial score (nSPS) is 11.5. The van der Waals surface area contributed by atoms with Crippen molar-refractivity contribution in [2.45, 2.75) is 19.8 Å². The van der Waals surface area contributed by atoms with Gasteiger partial charge in [0, 0.05) is 18.5 Å². The van der Waals surface area contributed by atoms with Gasteiger partial charge in [-0.25, -0.2) is 9.37 Å². The van der Waals surface area contributed by atoms with Crippen molar-refractivity contribution in [3.63, 3.8) is 0 Å². The number of hydrogen-bond acceptors (Lipinski definition) is 3. The Morgan fingerprint density at radius 2 is 1.88 bits per heavy atom. The summed E-state index contributed by atoms with van der Waals surface area (Å²) in [5, 5.41) is 0.567. The molecule has 0 bridgehead atoms. The van der Waals surface area contributed by atoms with E-state index in [-0.39, 0.29) is 24.3 Å². The Bertz CT molecular complexity index is 908. The average Bonchev–Trinajstić information content (AvgIpc) is 2.88. The molecule has 0 aliphatic rings. The van der Waals surface area contributed by atoms with Crippen molar-refractivity contribution in [1.29, 1.82) is 0 Å². The zero-order chi connectivity index (χ0) is 18.1. The predicted octanol–water partition coefficient (Wildman–Crippen LogP) is 5.17. The number of fused-ring (bicyclic) bond motifs is 1. The van der Waals surface area contributed by atoms with E-state index in [0.29, 0.717) is 15.4 Å². The van der Waals surface area contributed by atoms with E-state index in [4.69, 9.17) is 9.47 Å². The van der Waals surface area contributed by atoms with E-state index in [2.05, 4.69) is 20.9 Å². The molecule has 1 aromatic carbocycles. The predicted molar refractivity (Wildman–Crippen MR) is 95.3 cm³/mol. The first-order valence-corrected chi connectivity index (χ1v) is 8.51. The molecular formula is C18H17BrF2N2O2. The van der Waals surface area contributed by atoms with Crippen LogP contribution in [-0.4, -0.2) is 23.5 Å². The lowest BCUT2D eigenvalue weighted by Crippen LogP contribution is -2.04. The molecule has 4 nitrogen and oxygen atoms in total. The average molecular weight is 411 g/mol. The Morgan fingerprint density at radius 3 is 2.48 bits per heavy atom. The molecule has 0 fully saturated rings. The van der Waals surface area contributed by atoms with Gasteiger partial charge >= 0.3 is 0 Å². The molecule has 0 aliphatic carbocycles. The number of rotatable bonds is 5. The van der Waals surface area contributed by atoms with Gasteiger partial charge in [-0.05, 0) is 46.1 Å². The first-order valence-electron chi connectivity index (χ1n) is 7.71. The number of benzene rings is 1. The summed E-state index contributed by atoms with van der Waals surface area (Å²) in [5.41, 5.74) is 2.33. The van der Waals surface area contributed by atoms with Crippen LogP contribution >= 0.6 is 15.9 Å². The zero-order valence-corrected chi connectivity index (χ0v) is 15.6. The monoisotopic (exact) mass is 410 g/mol. The standard InChI is InChI=1S/C18H17BrF2N2O2/c1-10(2)16-15(19)14-13(8-22-18(21)17(14)25-9-24-3)23(16)12-6-4-11(20)5-7-12/h4-8,10H,9H2,1-3H3. The number of pyridine rings is 1. The molecule has 0 atom stereocenters. The molecule has 3 aromatic rings. The number of nitrogens with zero attached hydrogens (tertiary/aromatic N) is 2. The number of methoxy groups -OCH3 is 1. The summed E-state index contributed by atoms with van der Waals surface area (Å²) < 4.78 is 40.5. The molecule has 25 heavy (non-hydrogen) atoms. The molecule has 0 spiro atoms. The fourth-order valence-corrected chi connectivity index (χ4v) is 3.85. The summed E-state index contributed by atoms with van der Waals surface area (Å²) in [6.45, 7) is 3.96. The van der Waals surface area contributed by atoms with Gasteiger partial charge in [-0.15, -0.1) is 0 Å². The minimum absolute atomic E-state index is 0.0222. The lowest BCUT2D eigenvalue weighted by molar-refractivity contribution is 0.0489. The van der Waals surface area contributed by atoms with Crippen molar-refractivity contribution in [2.75, 3.05) is 13.9 Å². The molecule has 0 radical (unpaired) electrons. The molecule has 2 heterocycles. The van der Waals surface area contributed by atoms with Crippen LogP contribution in [0.15, 0.2) is 34.9 Å². The largest absolute Gasteiger partial charge is 0.462 e. The fraction of sp³-hybridized carbons (Fsp3) is 0.278. The van der Waals surface area contributed by atoms with E-state index in [1.54, 1.807) is 12.1 Å². The van der Waals surface area contributed by atoms with Crippen molar-refractivity contribution in [3.8, 4) is 11.4 Å². The van der Waals surface area contributed by atoms with Crippen molar-refractivity contribution >= 4 is 26.8 Å². The van der Waals surface area contributed by atoms with Gasteiger partial charge in [0.2, 0.25) is 0 Å². The molecule has 0 amide bonds. The highest BCUT2D eigenvalue weighted by molar-refractivity contribution is 9.10. The first kappa shape index (κ1) is 17.8. The number of hydrogen-bond donors (Lipinski definition) is 0. The summed E-state index contributed by atoms with van der Waals surface area (Å²) in [6.07, 6.45) is 1.45. The van der Waals surface area contributed by atoms with Crippen LogP contribution in [0.3, 0.4) is 0 Å². The van der Waals surface area contributed by atoms with Gasteiger partial charge in [-0.2, -0.15) is 4.39 Å². The highest BCUT2D eigenvalue weighted by Gasteiger charge is 2.24. The van der Waals surface area contributed by atoms with Crippen molar-refractivity contribution in [2.24, 2.45) is 0 Å². The van der Waals surface area contributed by atoms with Crippen molar-refractivity contribution in [1.82, 2.24) is 9.55 Å². The quantitative estimate of drug-likeness (QED) is 0.429. The second-order valence-electron chi connectivity index (χ2n) is 5.85. The van der Waals surface area contributed by atoms with Crippen LogP contribution in [0.4, 0.5) is 8.78 Å². The lowest BCUT2D eigenvalue weighted by atomic mass is 10.1. The summed E-state index contributed by atoms with van der Waals surface area (Å²) >= 11 is 3.58. The van der Waals surface area contributed by atoms with E-state index in [9.17, 15) is 8.78 Å². The number of ether oxygens (including phenoxy) is 2. The van der Waals surface area contributed by atoms with E-state index >= 15 is 0 Å². The molecule has 132 valence electrons. The van der Waals surface area contributed by atoms with Crippen LogP contribution in [0.25, 0.3) is 16.6 Å². The third-order valence-electron chi connectivity index (χ3n) is 3.85. The lowest BCUT2D eigenvalue weighted by Gasteiger charge is -2.14. The number of aromatic nitrogens is 2. The second-order valence-corrected chi connectivity index (χ2v) is 6.65. The van der Waals surface area contributed by atoms with Gasteiger partial charge < -0.3 is 14.0 Å². The SMILES string of the molecule is COCOc1c(F)ncc2c1c(Br)c(C(C)C)n2-c1ccc(F)cc1. The van der Waals surface area contributed by atoms with Gasteiger partial charge in [0.15, 0.2) is 12.5 Å². The van der Waals surface area contributed by atoms with Gasteiger partial charge in [-0.1, -0.05) is 13.8 Å². The van der Waals surface area contributed by atoms with Crippen LogP contribution in [-0.2, 0) is 4.74 Å². The van der Waals surface area contributed by atoms with E-state index in [1.807, 2.05) is 18.4 Å². The third kappa shape index (κ3) is 3.14. The van der Waals surface area contributed by atoms with Crippen LogP contribution < -0.4 is 4.74 Å². The minimum Gasteiger partial charge on any atom is -0.462 e. The fourth-order valence-electron chi connectivity index (χ4n) is 2.83. The van der Waals surface area contributed by atoms with Gasteiger partial charge in [0.05, 0.1) is 21.6 Å². The van der Waals surface area contributed by atoms with Crippen LogP contribution in [0.5, 0.6) is 5.75 Å². The molecular weight excluding hydrogens is 394 g/mol. The summed E-state index contributed by atoms with van der Waals surface area (Å²) in [4.78, 5) is 3.81. The topological polar surface area (TPSA) is 36.3 Å². The highest BCUT2D eigenvalue weighted by atomic mass is 79.9.